The van der Waals surface area contributed by atoms with Crippen molar-refractivity contribution in [3.05, 3.63) is 41.7 Å². The molecule has 0 amide bonds. The first-order valence-electron chi connectivity index (χ1n) is 4.60. The van der Waals surface area contributed by atoms with Crippen LogP contribution in [0.5, 0.6) is 0 Å². The Balaban J connectivity index is 3.09. The minimum absolute atomic E-state index is 0.0845. The summed E-state index contributed by atoms with van der Waals surface area (Å²) in [4.78, 5) is 1.81. The molecule has 0 aliphatic carbocycles. The van der Waals surface area contributed by atoms with Gasteiger partial charge in [-0.05, 0) is 19.1 Å². The fraction of sp³-hybridized carbons (Fsp3) is 0.250. The minimum Gasteiger partial charge on any atom is -0.369 e. The highest BCUT2D eigenvalue weighted by molar-refractivity contribution is 5.59. The molecule has 0 heterocycles. The Hall–Kier alpha value is -1.82. The number of nitriles is 1. The quantitative estimate of drug-likeness (QED) is 0.708. The molecule has 0 radical (unpaired) electrons. The van der Waals surface area contributed by atoms with Crippen molar-refractivity contribution >= 4 is 5.69 Å². The predicted molar refractivity (Wildman–Crippen MR) is 59.2 cm³/mol. The number of anilines is 1. The summed E-state index contributed by atoms with van der Waals surface area (Å²) in [5, 5.41) is 8.84. The molecular weight excluding hydrogens is 191 g/mol. The van der Waals surface area contributed by atoms with Gasteiger partial charge in [0.2, 0.25) is 0 Å². The fourth-order valence-electron chi connectivity index (χ4n) is 1.43. The highest BCUT2D eigenvalue weighted by atomic mass is 19.1. The van der Waals surface area contributed by atoms with Gasteiger partial charge >= 0.3 is 0 Å². The molecule has 0 atom stereocenters. The zero-order chi connectivity index (χ0) is 11.4. The van der Waals surface area contributed by atoms with E-state index in [0.29, 0.717) is 12.2 Å². The summed E-state index contributed by atoms with van der Waals surface area (Å²) in [5.41, 5.74) is 1.65. The van der Waals surface area contributed by atoms with E-state index in [-0.39, 0.29) is 5.56 Å². The number of likely N-dealkylation sites (N-methyl/N-ethyl adjacent to an activating group) is 1. The summed E-state index contributed by atoms with van der Waals surface area (Å²) >= 11 is 0. The molecule has 2 nitrogen and oxygen atoms in total. The van der Waals surface area contributed by atoms with Gasteiger partial charge in [-0.1, -0.05) is 18.2 Å². The Kier molecular flexibility index (Phi) is 3.46. The van der Waals surface area contributed by atoms with Gasteiger partial charge in [0.05, 0.1) is 5.69 Å². The third-order valence-electron chi connectivity index (χ3n) is 2.02. The molecule has 0 aliphatic heterocycles. The SMILES string of the molecule is C=C(C)CN(C)c1cccc(F)c1C#N. The van der Waals surface area contributed by atoms with Crippen LogP contribution in [0.3, 0.4) is 0 Å². The molecule has 78 valence electrons. The van der Waals surface area contributed by atoms with E-state index in [9.17, 15) is 4.39 Å². The van der Waals surface area contributed by atoms with Crippen molar-refractivity contribution in [2.45, 2.75) is 6.92 Å². The lowest BCUT2D eigenvalue weighted by Crippen LogP contribution is -2.20. The maximum Gasteiger partial charge on any atom is 0.143 e. The Labute approximate surface area is 89.2 Å². The standard InChI is InChI=1S/C12H13FN2/c1-9(2)8-15(3)12-6-4-5-11(13)10(12)7-14/h4-6H,1,8H2,2-3H3. The monoisotopic (exact) mass is 204 g/mol. The van der Waals surface area contributed by atoms with Crippen LogP contribution < -0.4 is 4.90 Å². The molecule has 1 aromatic rings. The minimum atomic E-state index is -0.483. The summed E-state index contributed by atoms with van der Waals surface area (Å²) < 4.78 is 13.3. The van der Waals surface area contributed by atoms with Crippen LogP contribution in [0.2, 0.25) is 0 Å². The highest BCUT2D eigenvalue weighted by Gasteiger charge is 2.10. The first-order valence-corrected chi connectivity index (χ1v) is 4.60. The molecular formula is C12H13FN2. The number of benzene rings is 1. The lowest BCUT2D eigenvalue weighted by atomic mass is 10.1. The Morgan fingerprint density at radius 3 is 2.80 bits per heavy atom. The predicted octanol–water partition coefficient (Wildman–Crippen LogP) is 2.71. The average Bonchev–Trinajstić information content (AvgIpc) is 2.16. The van der Waals surface area contributed by atoms with Crippen molar-refractivity contribution in [1.82, 2.24) is 0 Å². The molecule has 0 saturated carbocycles. The summed E-state index contributed by atoms with van der Waals surface area (Å²) in [7, 11) is 1.81. The van der Waals surface area contributed by atoms with Crippen LogP contribution in [-0.4, -0.2) is 13.6 Å². The summed E-state index contributed by atoms with van der Waals surface area (Å²) in [6, 6.07) is 6.48. The second kappa shape index (κ2) is 4.61. The van der Waals surface area contributed by atoms with E-state index in [1.165, 1.54) is 6.07 Å². The van der Waals surface area contributed by atoms with Crippen LogP contribution in [0.25, 0.3) is 0 Å². The van der Waals surface area contributed by atoms with Crippen molar-refractivity contribution in [3.8, 4) is 6.07 Å². The smallest absolute Gasteiger partial charge is 0.143 e. The van der Waals surface area contributed by atoms with E-state index in [0.717, 1.165) is 5.57 Å². The van der Waals surface area contributed by atoms with Gasteiger partial charge in [0.1, 0.15) is 17.4 Å². The van der Waals surface area contributed by atoms with Crippen molar-refractivity contribution < 1.29 is 4.39 Å². The van der Waals surface area contributed by atoms with Crippen molar-refractivity contribution in [1.29, 1.82) is 5.26 Å². The lowest BCUT2D eigenvalue weighted by Gasteiger charge is -2.20. The van der Waals surface area contributed by atoms with Gasteiger partial charge in [0.25, 0.3) is 0 Å². The topological polar surface area (TPSA) is 27.0 Å². The van der Waals surface area contributed by atoms with Gasteiger partial charge in [-0.15, -0.1) is 0 Å². The molecule has 0 bridgehead atoms. The fourth-order valence-corrected chi connectivity index (χ4v) is 1.43. The second-order valence-corrected chi connectivity index (χ2v) is 3.56. The van der Waals surface area contributed by atoms with Gasteiger partial charge in [-0.2, -0.15) is 5.26 Å². The maximum absolute atomic E-state index is 13.3. The Bertz CT molecular complexity index is 418. The van der Waals surface area contributed by atoms with Gasteiger partial charge in [0.15, 0.2) is 0 Å². The summed E-state index contributed by atoms with van der Waals surface area (Å²) in [6.45, 7) is 6.28. The van der Waals surface area contributed by atoms with E-state index in [1.807, 2.05) is 24.9 Å². The van der Waals surface area contributed by atoms with Gasteiger partial charge < -0.3 is 4.90 Å². The lowest BCUT2D eigenvalue weighted by molar-refractivity contribution is 0.623. The van der Waals surface area contributed by atoms with E-state index in [1.54, 1.807) is 12.1 Å². The zero-order valence-corrected chi connectivity index (χ0v) is 8.92. The van der Waals surface area contributed by atoms with Crippen LogP contribution in [0.15, 0.2) is 30.4 Å². The molecule has 0 aromatic heterocycles. The second-order valence-electron chi connectivity index (χ2n) is 3.56. The van der Waals surface area contributed by atoms with E-state index < -0.39 is 5.82 Å². The number of hydrogen-bond acceptors (Lipinski definition) is 2. The van der Waals surface area contributed by atoms with Crippen molar-refractivity contribution in [2.75, 3.05) is 18.5 Å². The highest BCUT2D eigenvalue weighted by Crippen LogP contribution is 2.21. The van der Waals surface area contributed by atoms with Crippen molar-refractivity contribution in [3.63, 3.8) is 0 Å². The molecule has 15 heavy (non-hydrogen) atoms. The zero-order valence-electron chi connectivity index (χ0n) is 8.92. The Morgan fingerprint density at radius 2 is 2.27 bits per heavy atom. The summed E-state index contributed by atoms with van der Waals surface area (Å²) in [6.07, 6.45) is 0. The normalized spacial score (nSPS) is 9.47. The van der Waals surface area contributed by atoms with Crippen LogP contribution in [0.1, 0.15) is 12.5 Å². The number of nitrogens with zero attached hydrogens (tertiary/aromatic N) is 2. The van der Waals surface area contributed by atoms with Gasteiger partial charge in [0, 0.05) is 13.6 Å². The molecule has 0 aliphatic rings. The van der Waals surface area contributed by atoms with E-state index in [2.05, 4.69) is 6.58 Å². The molecule has 0 unspecified atom stereocenters. The molecule has 0 N–H and O–H groups in total. The number of halogens is 1. The molecule has 1 aromatic carbocycles. The van der Waals surface area contributed by atoms with Gasteiger partial charge in [-0.25, -0.2) is 4.39 Å². The average molecular weight is 204 g/mol. The maximum atomic E-state index is 13.3. The van der Waals surface area contributed by atoms with Crippen LogP contribution in [-0.2, 0) is 0 Å². The molecule has 0 fully saturated rings. The molecule has 1 rings (SSSR count). The third-order valence-corrected chi connectivity index (χ3v) is 2.02. The molecule has 3 heteroatoms. The van der Waals surface area contributed by atoms with Crippen LogP contribution in [0, 0.1) is 17.1 Å². The summed E-state index contributed by atoms with van der Waals surface area (Å²) in [5.74, 6) is -0.483. The van der Waals surface area contributed by atoms with Gasteiger partial charge in [-0.3, -0.25) is 0 Å². The van der Waals surface area contributed by atoms with E-state index >= 15 is 0 Å². The van der Waals surface area contributed by atoms with E-state index in [4.69, 9.17) is 5.26 Å². The molecule has 0 spiro atoms. The van der Waals surface area contributed by atoms with Crippen LogP contribution >= 0.6 is 0 Å². The third kappa shape index (κ3) is 2.57. The largest absolute Gasteiger partial charge is 0.369 e. The number of rotatable bonds is 3. The van der Waals surface area contributed by atoms with Crippen molar-refractivity contribution in [2.24, 2.45) is 0 Å². The number of hydrogen-bond donors (Lipinski definition) is 0. The first kappa shape index (κ1) is 11.3. The first-order chi connectivity index (χ1) is 7.06. The Morgan fingerprint density at radius 1 is 1.60 bits per heavy atom. The van der Waals surface area contributed by atoms with Crippen LogP contribution in [0.4, 0.5) is 10.1 Å². The molecule has 0 saturated heterocycles.